The van der Waals surface area contributed by atoms with Gasteiger partial charge in [-0.05, 0) is 48.9 Å². The van der Waals surface area contributed by atoms with Crippen molar-refractivity contribution >= 4 is 5.91 Å². The van der Waals surface area contributed by atoms with Crippen molar-refractivity contribution in [3.63, 3.8) is 0 Å². The van der Waals surface area contributed by atoms with Crippen LogP contribution in [0.2, 0.25) is 0 Å². The van der Waals surface area contributed by atoms with Crippen molar-refractivity contribution in [2.45, 2.75) is 56.9 Å². The molecule has 0 bridgehead atoms. The molecule has 9 heteroatoms. The highest BCUT2D eigenvalue weighted by atomic mass is 16.5. The molecule has 3 aromatic rings. The number of ether oxygens (including phenoxy) is 3. The third-order valence-corrected chi connectivity index (χ3v) is 6.83. The fourth-order valence-corrected chi connectivity index (χ4v) is 4.69. The first-order valence-corrected chi connectivity index (χ1v) is 12.0. The topological polar surface area (TPSA) is 92.4 Å². The number of carbonyl (C=O) groups is 1. The van der Waals surface area contributed by atoms with Gasteiger partial charge >= 0.3 is 0 Å². The van der Waals surface area contributed by atoms with E-state index in [1.165, 1.54) is 19.3 Å². The predicted molar refractivity (Wildman–Crippen MR) is 124 cm³/mol. The summed E-state index contributed by atoms with van der Waals surface area (Å²) in [6.07, 6.45) is 9.47. The van der Waals surface area contributed by atoms with Crippen molar-refractivity contribution in [1.29, 1.82) is 0 Å². The molecule has 1 N–H and O–H groups in total. The van der Waals surface area contributed by atoms with Crippen molar-refractivity contribution in [3.8, 4) is 22.8 Å². The molecule has 178 valence electrons. The summed E-state index contributed by atoms with van der Waals surface area (Å²) in [4.78, 5) is 12.9. The highest BCUT2D eigenvalue weighted by Crippen LogP contribution is 2.30. The fraction of sp³-hybridized carbons (Fsp3) is 0.480. The zero-order valence-corrected chi connectivity index (χ0v) is 19.3. The summed E-state index contributed by atoms with van der Waals surface area (Å²) < 4.78 is 21.3. The highest BCUT2D eigenvalue weighted by molar-refractivity contribution is 5.92. The Kier molecular flexibility index (Phi) is 5.49. The lowest BCUT2D eigenvalue weighted by molar-refractivity contribution is -0.00855. The first-order valence-electron chi connectivity index (χ1n) is 12.0. The van der Waals surface area contributed by atoms with Gasteiger partial charge in [-0.15, -0.1) is 0 Å². The Morgan fingerprint density at radius 1 is 1.26 bits per heavy atom. The van der Waals surface area contributed by atoms with E-state index in [-0.39, 0.29) is 18.1 Å². The van der Waals surface area contributed by atoms with E-state index in [4.69, 9.17) is 14.2 Å². The van der Waals surface area contributed by atoms with Crippen LogP contribution in [0.1, 0.15) is 41.7 Å². The van der Waals surface area contributed by atoms with Crippen LogP contribution in [0.25, 0.3) is 11.1 Å². The van der Waals surface area contributed by atoms with Gasteiger partial charge in [0, 0.05) is 31.3 Å². The Hall–Kier alpha value is -3.33. The Bertz CT molecular complexity index is 1170. The third-order valence-electron chi connectivity index (χ3n) is 6.83. The second-order valence-corrected chi connectivity index (χ2v) is 9.41. The van der Waals surface area contributed by atoms with Gasteiger partial charge in [0.15, 0.2) is 5.69 Å². The van der Waals surface area contributed by atoms with Gasteiger partial charge < -0.3 is 19.5 Å². The summed E-state index contributed by atoms with van der Waals surface area (Å²) >= 11 is 0. The van der Waals surface area contributed by atoms with Gasteiger partial charge in [-0.2, -0.15) is 10.2 Å². The fourth-order valence-electron chi connectivity index (χ4n) is 4.69. The second-order valence-electron chi connectivity index (χ2n) is 9.41. The number of benzene rings is 1. The molecule has 4 heterocycles. The van der Waals surface area contributed by atoms with E-state index >= 15 is 0 Å². The highest BCUT2D eigenvalue weighted by Gasteiger charge is 2.29. The summed E-state index contributed by atoms with van der Waals surface area (Å²) in [5.41, 5.74) is 3.57. The van der Waals surface area contributed by atoms with Gasteiger partial charge in [-0.1, -0.05) is 6.07 Å². The largest absolute Gasteiger partial charge is 0.491 e. The molecule has 3 aliphatic rings. The summed E-state index contributed by atoms with van der Waals surface area (Å²) in [7, 11) is 1.90. The molecule has 9 nitrogen and oxygen atoms in total. The first kappa shape index (κ1) is 21.2. The Balaban J connectivity index is 1.04. The molecule has 0 spiro atoms. The van der Waals surface area contributed by atoms with Crippen LogP contribution in [-0.2, 0) is 24.8 Å². The molecule has 1 saturated carbocycles. The second kappa shape index (κ2) is 8.79. The Labute approximate surface area is 198 Å². The minimum Gasteiger partial charge on any atom is -0.491 e. The lowest BCUT2D eigenvalue weighted by Gasteiger charge is -2.26. The summed E-state index contributed by atoms with van der Waals surface area (Å²) in [6, 6.07) is 7.73. The molecule has 1 aromatic carbocycles. The average Bonchev–Trinajstić information content (AvgIpc) is 3.50. The number of amides is 1. The van der Waals surface area contributed by atoms with Gasteiger partial charge in [-0.25, -0.2) is 4.68 Å². The number of aryl methyl sites for hydroxylation is 1. The zero-order valence-electron chi connectivity index (χ0n) is 19.3. The monoisotopic (exact) mass is 463 g/mol. The van der Waals surface area contributed by atoms with E-state index in [1.54, 1.807) is 15.4 Å². The molecule has 6 rings (SSSR count). The standard InChI is InChI=1S/C25H29N5O4/c1-29-13-18(12-26-29)16-5-6-23-17(9-16)10-19(15-33-23)27-25(31)22-11-24-30(28-22)14-21(34-24)7-8-32-20-3-2-4-20/h5-6,9,11-13,19-21H,2-4,7-8,10,14-15H2,1H3,(H,27,31)/t19-,21?/m1/s1. The Morgan fingerprint density at radius 2 is 2.18 bits per heavy atom. The summed E-state index contributed by atoms with van der Waals surface area (Å²) in [6.45, 7) is 1.78. The lowest BCUT2D eigenvalue weighted by atomic mass is 9.96. The van der Waals surface area contributed by atoms with E-state index in [1.807, 2.05) is 31.6 Å². The van der Waals surface area contributed by atoms with Crippen LogP contribution >= 0.6 is 0 Å². The van der Waals surface area contributed by atoms with Crippen LogP contribution in [-0.4, -0.2) is 56.9 Å². The number of aromatic nitrogens is 4. The molecule has 1 amide bonds. The van der Waals surface area contributed by atoms with Gasteiger partial charge in [0.1, 0.15) is 18.5 Å². The van der Waals surface area contributed by atoms with Gasteiger partial charge in [-0.3, -0.25) is 9.48 Å². The van der Waals surface area contributed by atoms with Gasteiger partial charge in [0.2, 0.25) is 5.88 Å². The normalized spacial score (nSPS) is 21.2. The van der Waals surface area contributed by atoms with E-state index in [0.717, 1.165) is 28.9 Å². The van der Waals surface area contributed by atoms with E-state index in [2.05, 4.69) is 21.6 Å². The van der Waals surface area contributed by atoms with Gasteiger partial charge in [0.05, 0.1) is 31.5 Å². The maximum Gasteiger partial charge on any atom is 0.272 e. The van der Waals surface area contributed by atoms with Crippen LogP contribution < -0.4 is 14.8 Å². The molecule has 0 radical (unpaired) electrons. The number of hydrogen-bond donors (Lipinski definition) is 1. The third kappa shape index (κ3) is 4.27. The van der Waals surface area contributed by atoms with Crippen molar-refractivity contribution in [2.75, 3.05) is 13.2 Å². The van der Waals surface area contributed by atoms with Crippen LogP contribution in [0, 0.1) is 0 Å². The SMILES string of the molecule is Cn1cc(-c2ccc3c(c2)C[C@@H](NC(=O)c2cc4n(n2)CC(CCOC2CCC2)O4)CO3)cn1. The molecular weight excluding hydrogens is 434 g/mol. The number of carbonyl (C=O) groups excluding carboxylic acids is 1. The maximum atomic E-state index is 12.9. The van der Waals surface area contributed by atoms with Crippen LogP contribution in [0.3, 0.4) is 0 Å². The summed E-state index contributed by atoms with van der Waals surface area (Å²) in [5.74, 6) is 1.29. The molecule has 1 aliphatic carbocycles. The Morgan fingerprint density at radius 3 is 2.94 bits per heavy atom. The quantitative estimate of drug-likeness (QED) is 0.579. The van der Waals surface area contributed by atoms with Crippen LogP contribution in [0.5, 0.6) is 11.6 Å². The smallest absolute Gasteiger partial charge is 0.272 e. The molecule has 34 heavy (non-hydrogen) atoms. The molecule has 2 aliphatic heterocycles. The maximum absolute atomic E-state index is 12.9. The molecule has 2 atom stereocenters. The lowest BCUT2D eigenvalue weighted by Crippen LogP contribution is -2.43. The number of rotatable bonds is 7. The average molecular weight is 464 g/mol. The molecule has 1 unspecified atom stereocenters. The molecule has 0 saturated heterocycles. The number of nitrogens with one attached hydrogen (secondary N) is 1. The number of nitrogens with zero attached hydrogens (tertiary/aromatic N) is 4. The zero-order chi connectivity index (χ0) is 23.1. The number of fused-ring (bicyclic) bond motifs is 2. The minimum atomic E-state index is -0.212. The van der Waals surface area contributed by atoms with Crippen molar-refractivity contribution in [1.82, 2.24) is 24.9 Å². The van der Waals surface area contributed by atoms with Crippen LogP contribution in [0.4, 0.5) is 0 Å². The van der Waals surface area contributed by atoms with Crippen molar-refractivity contribution in [3.05, 3.63) is 47.9 Å². The van der Waals surface area contributed by atoms with Crippen molar-refractivity contribution in [2.24, 2.45) is 7.05 Å². The summed E-state index contributed by atoms with van der Waals surface area (Å²) in [5, 5.41) is 11.8. The van der Waals surface area contributed by atoms with Crippen molar-refractivity contribution < 1.29 is 19.0 Å². The van der Waals surface area contributed by atoms with Crippen LogP contribution in [0.15, 0.2) is 36.7 Å². The number of hydrogen-bond acceptors (Lipinski definition) is 6. The van der Waals surface area contributed by atoms with E-state index < -0.39 is 0 Å². The van der Waals surface area contributed by atoms with Gasteiger partial charge in [0.25, 0.3) is 5.91 Å². The molecular formula is C25H29N5O4. The van der Waals surface area contributed by atoms with E-state index in [0.29, 0.717) is 43.9 Å². The molecule has 1 fully saturated rings. The van der Waals surface area contributed by atoms with E-state index in [9.17, 15) is 4.79 Å². The predicted octanol–water partition coefficient (Wildman–Crippen LogP) is 2.74. The minimum absolute atomic E-state index is 0.0527. The first-order chi connectivity index (χ1) is 16.6. The molecule has 2 aromatic heterocycles.